The predicted octanol–water partition coefficient (Wildman–Crippen LogP) is 0.343. The highest BCUT2D eigenvalue weighted by Crippen LogP contribution is 2.40. The molecule has 1 aliphatic heterocycles. The van der Waals surface area contributed by atoms with Crippen molar-refractivity contribution in [3.63, 3.8) is 0 Å². The van der Waals surface area contributed by atoms with Crippen molar-refractivity contribution in [2.75, 3.05) is 17.7 Å². The van der Waals surface area contributed by atoms with E-state index >= 15 is 0 Å². The van der Waals surface area contributed by atoms with Gasteiger partial charge in [0.1, 0.15) is 11.4 Å². The van der Waals surface area contributed by atoms with Crippen LogP contribution in [-0.2, 0) is 10.8 Å². The van der Waals surface area contributed by atoms with Crippen LogP contribution >= 0.6 is 0 Å². The number of nitrogens with one attached hydrogen (secondary N) is 3. The topological polar surface area (TPSA) is 38.0 Å². The maximum atomic E-state index is 3.48. The molecule has 0 saturated carbocycles. The van der Waals surface area contributed by atoms with Gasteiger partial charge in [-0.05, 0) is 39.5 Å². The molecular weight excluding hydrogens is 318 g/mol. The van der Waals surface area contributed by atoms with Gasteiger partial charge in [0.05, 0.1) is 12.4 Å². The van der Waals surface area contributed by atoms with Crippen molar-refractivity contribution in [1.29, 1.82) is 0 Å². The fourth-order valence-electron chi connectivity index (χ4n) is 3.00. The summed E-state index contributed by atoms with van der Waals surface area (Å²) in [6.45, 7) is 13.6. The Bertz CT molecular complexity index is 747. The summed E-state index contributed by atoms with van der Waals surface area (Å²) in [6.07, 6.45) is 0. The van der Waals surface area contributed by atoms with E-state index in [1.54, 1.807) is 0 Å². The van der Waals surface area contributed by atoms with Crippen molar-refractivity contribution >= 4 is 28.1 Å². The molecule has 0 bridgehead atoms. The molecule has 0 amide bonds. The molecule has 4 heteroatoms. The SMILES string of the molecule is C[NH+]=C1Nc2cc(C(C)(C)C)cc3cc(C(C)(C)C)cc(c23)N1.[Cl-]. The van der Waals surface area contributed by atoms with Gasteiger partial charge in [-0.2, -0.15) is 0 Å². The first kappa shape index (κ1) is 18.6. The summed E-state index contributed by atoms with van der Waals surface area (Å²) in [4.78, 5) is 3.20. The minimum absolute atomic E-state index is 0. The van der Waals surface area contributed by atoms with Crippen LogP contribution in [0.2, 0.25) is 0 Å². The Balaban J connectivity index is 0.00000208. The Morgan fingerprint density at radius 1 is 0.750 bits per heavy atom. The fourth-order valence-corrected chi connectivity index (χ4v) is 3.00. The molecule has 1 aliphatic rings. The summed E-state index contributed by atoms with van der Waals surface area (Å²) in [5, 5.41) is 9.52. The second-order valence-corrected chi connectivity index (χ2v) is 8.52. The average molecular weight is 346 g/mol. The van der Waals surface area contributed by atoms with Crippen molar-refractivity contribution in [2.45, 2.75) is 52.4 Å². The lowest BCUT2D eigenvalue weighted by atomic mass is 9.82. The number of rotatable bonds is 0. The summed E-state index contributed by atoms with van der Waals surface area (Å²) in [5.74, 6) is 0.927. The monoisotopic (exact) mass is 345 g/mol. The zero-order valence-electron chi connectivity index (χ0n) is 15.7. The van der Waals surface area contributed by atoms with Crippen LogP contribution in [0.4, 0.5) is 11.4 Å². The number of hydrogen-bond acceptors (Lipinski definition) is 0. The number of benzene rings is 2. The van der Waals surface area contributed by atoms with Crippen LogP contribution in [0.3, 0.4) is 0 Å². The van der Waals surface area contributed by atoms with Crippen LogP contribution in [0.5, 0.6) is 0 Å². The number of guanidine groups is 1. The van der Waals surface area contributed by atoms with E-state index in [9.17, 15) is 0 Å². The second kappa shape index (κ2) is 5.96. The normalized spacial score (nSPS) is 13.9. The van der Waals surface area contributed by atoms with Crippen molar-refractivity contribution in [3.8, 4) is 0 Å². The van der Waals surface area contributed by atoms with E-state index in [1.165, 1.54) is 33.3 Å². The van der Waals surface area contributed by atoms with Crippen LogP contribution in [0.25, 0.3) is 10.8 Å². The first-order chi connectivity index (χ1) is 10.6. The van der Waals surface area contributed by atoms with Gasteiger partial charge in [0.25, 0.3) is 0 Å². The minimum Gasteiger partial charge on any atom is -1.00 e. The summed E-state index contributed by atoms with van der Waals surface area (Å²) in [7, 11) is 1.93. The Morgan fingerprint density at radius 3 is 1.50 bits per heavy atom. The van der Waals surface area contributed by atoms with E-state index in [0.717, 1.165) is 5.96 Å². The van der Waals surface area contributed by atoms with E-state index in [4.69, 9.17) is 0 Å². The molecule has 1 heterocycles. The zero-order valence-corrected chi connectivity index (χ0v) is 16.4. The summed E-state index contributed by atoms with van der Waals surface area (Å²) in [6, 6.07) is 9.23. The van der Waals surface area contributed by atoms with Crippen LogP contribution in [-0.4, -0.2) is 13.0 Å². The number of anilines is 2. The molecule has 0 fully saturated rings. The van der Waals surface area contributed by atoms with Crippen LogP contribution in [0, 0.1) is 0 Å². The number of hydrogen-bond donors (Lipinski definition) is 3. The highest BCUT2D eigenvalue weighted by atomic mass is 35.5. The van der Waals surface area contributed by atoms with E-state index < -0.39 is 0 Å². The van der Waals surface area contributed by atoms with Gasteiger partial charge in [-0.3, -0.25) is 4.99 Å². The van der Waals surface area contributed by atoms with Crippen molar-refractivity contribution in [1.82, 2.24) is 0 Å². The lowest BCUT2D eigenvalue weighted by Crippen LogP contribution is -3.00. The number of halogens is 1. The van der Waals surface area contributed by atoms with E-state index in [2.05, 4.69) is 81.4 Å². The maximum absolute atomic E-state index is 3.48. The molecule has 130 valence electrons. The fraction of sp³-hybridized carbons (Fsp3) is 0.450. The molecule has 0 saturated heterocycles. The van der Waals surface area contributed by atoms with E-state index in [0.29, 0.717) is 0 Å². The van der Waals surface area contributed by atoms with Gasteiger partial charge in [-0.15, -0.1) is 0 Å². The molecule has 0 unspecified atom stereocenters. The molecule has 0 aromatic heterocycles. The van der Waals surface area contributed by atoms with Crippen LogP contribution in [0.15, 0.2) is 24.3 Å². The van der Waals surface area contributed by atoms with Crippen LogP contribution in [0.1, 0.15) is 52.7 Å². The van der Waals surface area contributed by atoms with Crippen molar-refractivity contribution in [3.05, 3.63) is 35.4 Å². The Morgan fingerprint density at radius 2 is 1.17 bits per heavy atom. The standard InChI is InChI=1S/C20H27N3.ClH/c1-19(2,3)13-8-12-9-14(20(4,5)6)11-16-17(12)15(10-13)22-18(21-7)23-16;/h8-11H,1-7H3,(H2,21,22,23);1H. The highest BCUT2D eigenvalue weighted by molar-refractivity contribution is 6.18. The van der Waals surface area contributed by atoms with Gasteiger partial charge in [0, 0.05) is 0 Å². The van der Waals surface area contributed by atoms with E-state index in [1.807, 2.05) is 7.05 Å². The Hall–Kier alpha value is -1.74. The van der Waals surface area contributed by atoms with Gasteiger partial charge >= 0.3 is 5.96 Å². The van der Waals surface area contributed by atoms with E-state index in [-0.39, 0.29) is 23.2 Å². The summed E-state index contributed by atoms with van der Waals surface area (Å²) >= 11 is 0. The third-order valence-electron chi connectivity index (χ3n) is 4.55. The smallest absolute Gasteiger partial charge is 0.353 e. The van der Waals surface area contributed by atoms with Gasteiger partial charge in [-0.25, -0.2) is 10.6 Å². The zero-order chi connectivity index (χ0) is 17.0. The molecule has 3 N–H and O–H groups in total. The molecule has 2 aromatic rings. The average Bonchev–Trinajstić information content (AvgIpc) is 2.44. The lowest BCUT2D eigenvalue weighted by Gasteiger charge is -2.26. The summed E-state index contributed by atoms with van der Waals surface area (Å²) in [5.41, 5.74) is 5.28. The second-order valence-electron chi connectivity index (χ2n) is 8.52. The molecule has 0 spiro atoms. The quantitative estimate of drug-likeness (QED) is 0.644. The Labute approximate surface area is 151 Å². The first-order valence-electron chi connectivity index (χ1n) is 8.31. The minimum atomic E-state index is 0. The van der Waals surface area contributed by atoms with Crippen molar-refractivity contribution < 1.29 is 17.4 Å². The first-order valence-corrected chi connectivity index (χ1v) is 8.31. The third-order valence-corrected chi connectivity index (χ3v) is 4.55. The molecule has 2 aromatic carbocycles. The molecule has 24 heavy (non-hydrogen) atoms. The molecule has 0 aliphatic carbocycles. The maximum Gasteiger partial charge on any atom is 0.353 e. The molecule has 3 rings (SSSR count). The predicted molar refractivity (Wildman–Crippen MR) is 100 cm³/mol. The molecule has 3 nitrogen and oxygen atoms in total. The molecular formula is C20H28ClN3. The van der Waals surface area contributed by atoms with Gasteiger partial charge in [-0.1, -0.05) is 53.7 Å². The highest BCUT2D eigenvalue weighted by Gasteiger charge is 2.27. The molecule has 0 radical (unpaired) electrons. The van der Waals surface area contributed by atoms with Gasteiger partial charge in [0.2, 0.25) is 0 Å². The third kappa shape index (κ3) is 3.23. The summed E-state index contributed by atoms with van der Waals surface area (Å²) < 4.78 is 0. The largest absolute Gasteiger partial charge is 1.00 e. The van der Waals surface area contributed by atoms with Gasteiger partial charge in [0.15, 0.2) is 0 Å². The van der Waals surface area contributed by atoms with Crippen LogP contribution < -0.4 is 28.0 Å². The lowest BCUT2D eigenvalue weighted by molar-refractivity contribution is -0.419. The Kier molecular flexibility index (Phi) is 4.62. The molecule has 0 atom stereocenters. The van der Waals surface area contributed by atoms with Gasteiger partial charge < -0.3 is 12.4 Å². The van der Waals surface area contributed by atoms with Crippen molar-refractivity contribution in [2.24, 2.45) is 0 Å².